The van der Waals surface area contributed by atoms with Crippen LogP contribution in [0.5, 0.6) is 0 Å². The quantitative estimate of drug-likeness (QED) is 0.372. The first-order chi connectivity index (χ1) is 13.7. The maximum Gasteiger partial charge on any atom is 0.206 e. The summed E-state index contributed by atoms with van der Waals surface area (Å²) >= 11 is 4.57. The molecule has 0 bridgehead atoms. The van der Waals surface area contributed by atoms with Gasteiger partial charge in [0.1, 0.15) is 16.6 Å². The summed E-state index contributed by atoms with van der Waals surface area (Å²) in [5.41, 5.74) is 2.83. The van der Waals surface area contributed by atoms with Gasteiger partial charge in [0, 0.05) is 23.2 Å². The minimum Gasteiger partial charge on any atom is -0.356 e. The Morgan fingerprint density at radius 3 is 2.39 bits per heavy atom. The third-order valence-electron chi connectivity index (χ3n) is 3.75. The molecular weight excluding hydrogens is 418 g/mol. The number of hydrogen-bond acceptors (Lipinski definition) is 7. The maximum atomic E-state index is 13.0. The maximum absolute atomic E-state index is 13.0. The number of aromatic nitrogens is 3. The molecule has 0 saturated heterocycles. The molecule has 0 saturated carbocycles. The molecule has 4 aromatic rings. The third kappa shape index (κ3) is 4.92. The van der Waals surface area contributed by atoms with Crippen LogP contribution >= 0.6 is 34.4 Å². The van der Waals surface area contributed by atoms with Crippen molar-refractivity contribution in [3.05, 3.63) is 76.8 Å². The summed E-state index contributed by atoms with van der Waals surface area (Å²) in [6.07, 6.45) is 0. The van der Waals surface area contributed by atoms with Gasteiger partial charge in [-0.1, -0.05) is 35.2 Å². The molecule has 4 nitrogen and oxygen atoms in total. The van der Waals surface area contributed by atoms with E-state index in [0.29, 0.717) is 12.3 Å². The van der Waals surface area contributed by atoms with Crippen LogP contribution in [0.1, 0.15) is 11.3 Å². The summed E-state index contributed by atoms with van der Waals surface area (Å²) in [5.74, 6) is 0.184. The highest BCUT2D eigenvalue weighted by Gasteiger charge is 2.09. The molecule has 2 heterocycles. The van der Waals surface area contributed by atoms with Gasteiger partial charge < -0.3 is 5.32 Å². The lowest BCUT2D eigenvalue weighted by Gasteiger charge is -2.01. The predicted octanol–water partition coefficient (Wildman–Crippen LogP) is 5.84. The second kappa shape index (κ2) is 8.76. The van der Waals surface area contributed by atoms with Crippen molar-refractivity contribution in [2.45, 2.75) is 16.6 Å². The van der Waals surface area contributed by atoms with E-state index < -0.39 is 0 Å². The van der Waals surface area contributed by atoms with E-state index in [0.717, 1.165) is 31.3 Å². The Labute approximate surface area is 172 Å². The Hall–Kier alpha value is -2.36. The number of nitrogens with one attached hydrogen (secondary N) is 1. The highest BCUT2D eigenvalue weighted by molar-refractivity contribution is 8.00. The molecule has 9 heteroatoms. The van der Waals surface area contributed by atoms with E-state index in [9.17, 15) is 8.78 Å². The van der Waals surface area contributed by atoms with Gasteiger partial charge in [-0.25, -0.2) is 13.8 Å². The second-order valence-electron chi connectivity index (χ2n) is 5.79. The first-order valence-electron chi connectivity index (χ1n) is 8.31. The third-order valence-corrected chi connectivity index (χ3v) is 6.74. The van der Waals surface area contributed by atoms with Crippen LogP contribution in [-0.4, -0.2) is 15.2 Å². The van der Waals surface area contributed by atoms with Crippen molar-refractivity contribution < 1.29 is 8.78 Å². The molecule has 0 unspecified atom stereocenters. The first-order valence-corrected chi connectivity index (χ1v) is 11.0. The van der Waals surface area contributed by atoms with E-state index in [1.54, 1.807) is 36.0 Å². The van der Waals surface area contributed by atoms with Crippen molar-refractivity contribution in [1.29, 1.82) is 0 Å². The van der Waals surface area contributed by atoms with Crippen molar-refractivity contribution in [3.8, 4) is 10.6 Å². The number of halogens is 2. The van der Waals surface area contributed by atoms with E-state index in [4.69, 9.17) is 0 Å². The van der Waals surface area contributed by atoms with Crippen molar-refractivity contribution >= 4 is 39.6 Å². The number of rotatable bonds is 7. The van der Waals surface area contributed by atoms with Crippen molar-refractivity contribution in [2.24, 2.45) is 0 Å². The molecule has 2 aromatic heterocycles. The molecule has 0 aliphatic heterocycles. The lowest BCUT2D eigenvalue weighted by molar-refractivity contribution is 0.627. The number of thiazole rings is 1. The van der Waals surface area contributed by atoms with Crippen LogP contribution in [0.4, 0.5) is 13.9 Å². The van der Waals surface area contributed by atoms with Crippen LogP contribution in [0, 0.1) is 11.6 Å². The first kappa shape index (κ1) is 19.0. The monoisotopic (exact) mass is 432 g/mol. The van der Waals surface area contributed by atoms with Gasteiger partial charge in [-0.05, 0) is 42.0 Å². The molecule has 142 valence electrons. The number of hydrogen-bond donors (Lipinski definition) is 1. The normalized spacial score (nSPS) is 10.9. The van der Waals surface area contributed by atoms with Crippen LogP contribution < -0.4 is 5.32 Å². The molecule has 0 atom stereocenters. The fourth-order valence-corrected chi connectivity index (χ4v) is 4.92. The lowest BCUT2D eigenvalue weighted by atomic mass is 10.2. The highest BCUT2D eigenvalue weighted by atomic mass is 32.2. The summed E-state index contributed by atoms with van der Waals surface area (Å²) in [6.45, 7) is 0.562. The van der Waals surface area contributed by atoms with Gasteiger partial charge in [0.25, 0.3) is 0 Å². The molecular formula is C19H14F2N4S3. The van der Waals surface area contributed by atoms with E-state index in [1.807, 2.05) is 5.38 Å². The Balaban J connectivity index is 1.31. The van der Waals surface area contributed by atoms with Gasteiger partial charge >= 0.3 is 0 Å². The van der Waals surface area contributed by atoms with E-state index in [2.05, 4.69) is 20.5 Å². The Bertz CT molecular complexity index is 1050. The molecule has 4 rings (SSSR count). The van der Waals surface area contributed by atoms with Crippen LogP contribution in [-0.2, 0) is 12.3 Å². The zero-order chi connectivity index (χ0) is 19.3. The number of thioether (sulfide) groups is 1. The fourth-order valence-electron chi connectivity index (χ4n) is 2.35. The zero-order valence-corrected chi connectivity index (χ0v) is 16.9. The SMILES string of the molecule is Fc1ccc(CNc2nnc(SCc3csc(-c4ccc(F)cc4)n3)s2)cc1. The smallest absolute Gasteiger partial charge is 0.206 e. The van der Waals surface area contributed by atoms with Crippen molar-refractivity contribution in [2.75, 3.05) is 5.32 Å². The Kier molecular flexibility index (Phi) is 5.94. The minimum absolute atomic E-state index is 0.247. The summed E-state index contributed by atoms with van der Waals surface area (Å²) in [7, 11) is 0. The molecule has 0 amide bonds. The molecule has 28 heavy (non-hydrogen) atoms. The lowest BCUT2D eigenvalue weighted by Crippen LogP contribution is -1.98. The van der Waals surface area contributed by atoms with Gasteiger partial charge in [0.05, 0.1) is 5.69 Å². The van der Waals surface area contributed by atoms with Crippen LogP contribution in [0.15, 0.2) is 58.3 Å². The van der Waals surface area contributed by atoms with Crippen LogP contribution in [0.25, 0.3) is 10.6 Å². The van der Waals surface area contributed by atoms with Crippen LogP contribution in [0.2, 0.25) is 0 Å². The summed E-state index contributed by atoms with van der Waals surface area (Å²) in [5, 5.41) is 15.1. The largest absolute Gasteiger partial charge is 0.356 e. The molecule has 0 fully saturated rings. The van der Waals surface area contributed by atoms with Crippen molar-refractivity contribution in [1.82, 2.24) is 15.2 Å². The average molecular weight is 433 g/mol. The highest BCUT2D eigenvalue weighted by Crippen LogP contribution is 2.30. The topological polar surface area (TPSA) is 50.7 Å². The molecule has 2 aromatic carbocycles. The van der Waals surface area contributed by atoms with Crippen LogP contribution in [0.3, 0.4) is 0 Å². The molecule has 0 radical (unpaired) electrons. The summed E-state index contributed by atoms with van der Waals surface area (Å²) in [4.78, 5) is 4.60. The second-order valence-corrected chi connectivity index (χ2v) is 8.85. The summed E-state index contributed by atoms with van der Waals surface area (Å²) in [6, 6.07) is 12.7. The Morgan fingerprint density at radius 1 is 0.929 bits per heavy atom. The summed E-state index contributed by atoms with van der Waals surface area (Å²) < 4.78 is 26.8. The van der Waals surface area contributed by atoms with Gasteiger partial charge in [0.2, 0.25) is 5.13 Å². The molecule has 1 N–H and O–H groups in total. The zero-order valence-electron chi connectivity index (χ0n) is 14.4. The standard InChI is InChI=1S/C19H14F2N4S3/c20-14-5-1-12(2-6-14)9-22-18-24-25-19(28-18)27-11-16-10-26-17(23-16)13-3-7-15(21)8-4-13/h1-8,10H,9,11H2,(H,22,24). The molecule has 0 spiro atoms. The number of benzene rings is 2. The minimum atomic E-state index is -0.254. The Morgan fingerprint density at radius 2 is 1.64 bits per heavy atom. The average Bonchev–Trinajstić information content (AvgIpc) is 3.36. The van der Waals surface area contributed by atoms with Gasteiger partial charge in [-0.2, -0.15) is 0 Å². The van der Waals surface area contributed by atoms with Gasteiger partial charge in [0.15, 0.2) is 4.34 Å². The number of anilines is 1. The van der Waals surface area contributed by atoms with Gasteiger partial charge in [-0.3, -0.25) is 0 Å². The number of nitrogens with zero attached hydrogens (tertiary/aromatic N) is 3. The van der Waals surface area contributed by atoms with Gasteiger partial charge in [-0.15, -0.1) is 21.5 Å². The van der Waals surface area contributed by atoms with Crippen molar-refractivity contribution in [3.63, 3.8) is 0 Å². The van der Waals surface area contributed by atoms with E-state index in [1.165, 1.54) is 46.9 Å². The predicted molar refractivity (Wildman–Crippen MR) is 111 cm³/mol. The molecule has 0 aliphatic rings. The molecule has 0 aliphatic carbocycles. The van der Waals surface area contributed by atoms with E-state index >= 15 is 0 Å². The fraction of sp³-hybridized carbons (Fsp3) is 0.105. The van der Waals surface area contributed by atoms with E-state index in [-0.39, 0.29) is 11.6 Å².